The van der Waals surface area contributed by atoms with Gasteiger partial charge < -0.3 is 4.74 Å². The van der Waals surface area contributed by atoms with Crippen molar-refractivity contribution in [2.75, 3.05) is 0 Å². The van der Waals surface area contributed by atoms with E-state index in [1.807, 2.05) is 39.8 Å². The first-order valence-corrected chi connectivity index (χ1v) is 5.54. The van der Waals surface area contributed by atoms with Gasteiger partial charge in [0.05, 0.1) is 0 Å². The van der Waals surface area contributed by atoms with Crippen molar-refractivity contribution in [3.05, 3.63) is 34.9 Å². The average Bonchev–Trinajstić information content (AvgIpc) is 2.42. The Morgan fingerprint density at radius 1 is 1.25 bits per heavy atom. The maximum absolute atomic E-state index is 13.7. The van der Waals surface area contributed by atoms with Gasteiger partial charge >= 0.3 is 0 Å². The third-order valence-corrected chi connectivity index (χ3v) is 2.57. The van der Waals surface area contributed by atoms with Crippen molar-refractivity contribution < 1.29 is 9.13 Å². The van der Waals surface area contributed by atoms with Crippen LogP contribution in [0.3, 0.4) is 0 Å². The van der Waals surface area contributed by atoms with Crippen molar-refractivity contribution >= 4 is 5.83 Å². The van der Waals surface area contributed by atoms with Crippen LogP contribution >= 0.6 is 0 Å². The molecule has 0 amide bonds. The molecule has 0 radical (unpaired) electrons. The molecule has 0 saturated heterocycles. The minimum absolute atomic E-state index is 0.0886. The first-order chi connectivity index (χ1) is 7.37. The Labute approximate surface area is 95.9 Å². The maximum Gasteiger partial charge on any atom is 0.130 e. The summed E-state index contributed by atoms with van der Waals surface area (Å²) >= 11 is 0. The van der Waals surface area contributed by atoms with Gasteiger partial charge in [0.15, 0.2) is 0 Å². The summed E-state index contributed by atoms with van der Waals surface area (Å²) in [6.45, 7) is 7.78. The number of rotatable bonds is 1. The Hall–Kier alpha value is -1.31. The zero-order valence-electron chi connectivity index (χ0n) is 10.2. The topological polar surface area (TPSA) is 9.23 Å². The fourth-order valence-corrected chi connectivity index (χ4v) is 1.92. The summed E-state index contributed by atoms with van der Waals surface area (Å²) in [6.07, 6.45) is 0.719. The second kappa shape index (κ2) is 3.62. The van der Waals surface area contributed by atoms with E-state index in [1.54, 1.807) is 6.07 Å². The van der Waals surface area contributed by atoms with E-state index in [9.17, 15) is 4.39 Å². The standard InChI is InChI=1S/C14H17FO/c1-9-7-10-5-6-11(16-14(2,3)4)8-12(10)13(9)15/h5-6,8H,7H2,1-4H3. The summed E-state index contributed by atoms with van der Waals surface area (Å²) in [7, 11) is 0. The van der Waals surface area contributed by atoms with Gasteiger partial charge in [-0.15, -0.1) is 0 Å². The number of allylic oxidation sites excluding steroid dienone is 1. The molecule has 0 unspecified atom stereocenters. The van der Waals surface area contributed by atoms with Gasteiger partial charge in [-0.25, -0.2) is 4.39 Å². The van der Waals surface area contributed by atoms with Crippen LogP contribution in [0.25, 0.3) is 5.83 Å². The van der Waals surface area contributed by atoms with E-state index in [-0.39, 0.29) is 11.4 Å². The highest BCUT2D eigenvalue weighted by Gasteiger charge is 2.20. The van der Waals surface area contributed by atoms with Crippen LogP contribution in [-0.4, -0.2) is 5.60 Å². The molecule has 2 heteroatoms. The minimum atomic E-state index is -0.248. The van der Waals surface area contributed by atoms with Gasteiger partial charge in [0, 0.05) is 5.56 Å². The fourth-order valence-electron chi connectivity index (χ4n) is 1.92. The Balaban J connectivity index is 2.34. The van der Waals surface area contributed by atoms with Gasteiger partial charge in [0.2, 0.25) is 0 Å². The molecule has 0 aliphatic heterocycles. The zero-order valence-corrected chi connectivity index (χ0v) is 10.2. The van der Waals surface area contributed by atoms with Crippen molar-refractivity contribution in [2.45, 2.75) is 39.7 Å². The predicted molar refractivity (Wildman–Crippen MR) is 64.2 cm³/mol. The van der Waals surface area contributed by atoms with Crippen LogP contribution in [0.15, 0.2) is 23.8 Å². The molecule has 1 aliphatic rings. The number of fused-ring (bicyclic) bond motifs is 1. The lowest BCUT2D eigenvalue weighted by Gasteiger charge is -2.21. The monoisotopic (exact) mass is 220 g/mol. The van der Waals surface area contributed by atoms with Crippen molar-refractivity contribution in [3.8, 4) is 5.75 Å². The maximum atomic E-state index is 13.7. The number of halogens is 1. The van der Waals surface area contributed by atoms with Crippen molar-refractivity contribution in [1.82, 2.24) is 0 Å². The Morgan fingerprint density at radius 3 is 2.56 bits per heavy atom. The molecule has 1 aromatic rings. The van der Waals surface area contributed by atoms with E-state index < -0.39 is 0 Å². The highest BCUT2D eigenvalue weighted by Crippen LogP contribution is 2.36. The van der Waals surface area contributed by atoms with E-state index in [0.29, 0.717) is 5.56 Å². The number of ether oxygens (including phenoxy) is 1. The van der Waals surface area contributed by atoms with Crippen LogP contribution in [0.5, 0.6) is 5.75 Å². The lowest BCUT2D eigenvalue weighted by atomic mass is 10.1. The highest BCUT2D eigenvalue weighted by molar-refractivity contribution is 5.72. The third kappa shape index (κ3) is 2.11. The van der Waals surface area contributed by atoms with Crippen LogP contribution in [0.2, 0.25) is 0 Å². The minimum Gasteiger partial charge on any atom is -0.488 e. The molecule has 0 bridgehead atoms. The number of benzene rings is 1. The number of hydrogen-bond acceptors (Lipinski definition) is 1. The molecule has 16 heavy (non-hydrogen) atoms. The van der Waals surface area contributed by atoms with E-state index in [2.05, 4.69) is 0 Å². The second-order valence-corrected chi connectivity index (χ2v) is 5.30. The average molecular weight is 220 g/mol. The quantitative estimate of drug-likeness (QED) is 0.691. The van der Waals surface area contributed by atoms with E-state index in [4.69, 9.17) is 4.74 Å². The lowest BCUT2D eigenvalue weighted by molar-refractivity contribution is 0.131. The smallest absolute Gasteiger partial charge is 0.130 e. The molecule has 0 N–H and O–H groups in total. The molecule has 0 atom stereocenters. The normalized spacial score (nSPS) is 15.3. The molecule has 1 aliphatic carbocycles. The van der Waals surface area contributed by atoms with Gasteiger partial charge in [-0.1, -0.05) is 6.07 Å². The molecule has 1 nitrogen and oxygen atoms in total. The molecule has 1 aromatic carbocycles. The molecule has 0 spiro atoms. The van der Waals surface area contributed by atoms with Gasteiger partial charge in [-0.2, -0.15) is 0 Å². The van der Waals surface area contributed by atoms with Crippen LogP contribution < -0.4 is 4.74 Å². The molecular weight excluding hydrogens is 203 g/mol. The van der Waals surface area contributed by atoms with E-state index >= 15 is 0 Å². The summed E-state index contributed by atoms with van der Waals surface area (Å²) in [5.41, 5.74) is 2.31. The summed E-state index contributed by atoms with van der Waals surface area (Å²) < 4.78 is 19.5. The Bertz CT molecular complexity index is 452. The van der Waals surface area contributed by atoms with Crippen molar-refractivity contribution in [2.24, 2.45) is 0 Å². The molecule has 0 fully saturated rings. The summed E-state index contributed by atoms with van der Waals surface area (Å²) in [5, 5.41) is 0. The second-order valence-electron chi connectivity index (χ2n) is 5.30. The molecule has 2 rings (SSSR count). The largest absolute Gasteiger partial charge is 0.488 e. The van der Waals surface area contributed by atoms with Gasteiger partial charge in [-0.05, 0) is 57.4 Å². The van der Waals surface area contributed by atoms with Gasteiger partial charge in [0.1, 0.15) is 17.2 Å². The van der Waals surface area contributed by atoms with Crippen molar-refractivity contribution in [3.63, 3.8) is 0 Å². The van der Waals surface area contributed by atoms with E-state index in [1.165, 1.54) is 0 Å². The molecule has 0 saturated carbocycles. The van der Waals surface area contributed by atoms with Crippen molar-refractivity contribution in [1.29, 1.82) is 0 Å². The molecule has 0 heterocycles. The Morgan fingerprint density at radius 2 is 1.94 bits per heavy atom. The first kappa shape index (κ1) is 11.2. The highest BCUT2D eigenvalue weighted by atomic mass is 19.1. The van der Waals surface area contributed by atoms with Crippen LogP contribution in [0, 0.1) is 0 Å². The van der Waals surface area contributed by atoms with Gasteiger partial charge in [-0.3, -0.25) is 0 Å². The summed E-state index contributed by atoms with van der Waals surface area (Å²) in [6, 6.07) is 5.66. The SMILES string of the molecule is CC1=C(F)c2cc(OC(C)(C)C)ccc2C1. The first-order valence-electron chi connectivity index (χ1n) is 5.54. The van der Waals surface area contributed by atoms with E-state index in [0.717, 1.165) is 23.3 Å². The van der Waals surface area contributed by atoms with Crippen LogP contribution in [0.4, 0.5) is 4.39 Å². The summed E-state index contributed by atoms with van der Waals surface area (Å²) in [4.78, 5) is 0. The van der Waals surface area contributed by atoms with Crippen LogP contribution in [-0.2, 0) is 6.42 Å². The Kier molecular flexibility index (Phi) is 2.53. The zero-order chi connectivity index (χ0) is 11.9. The third-order valence-electron chi connectivity index (χ3n) is 2.57. The molecular formula is C14H17FO. The molecule has 0 aromatic heterocycles. The van der Waals surface area contributed by atoms with Crippen LogP contribution in [0.1, 0.15) is 38.8 Å². The predicted octanol–water partition coefficient (Wildman–Crippen LogP) is 4.12. The number of hydrogen-bond donors (Lipinski definition) is 0. The fraction of sp³-hybridized carbons (Fsp3) is 0.429. The summed E-state index contributed by atoms with van der Waals surface area (Å²) in [5.74, 6) is 0.644. The lowest BCUT2D eigenvalue weighted by Crippen LogP contribution is -2.22. The van der Waals surface area contributed by atoms with Gasteiger partial charge in [0.25, 0.3) is 0 Å². The molecule has 86 valence electrons.